The zero-order valence-electron chi connectivity index (χ0n) is 11.8. The van der Waals surface area contributed by atoms with E-state index >= 15 is 0 Å². The lowest BCUT2D eigenvalue weighted by Crippen LogP contribution is -2.13. The molecule has 0 aliphatic rings. The highest BCUT2D eigenvalue weighted by Gasteiger charge is 2.04. The predicted molar refractivity (Wildman–Crippen MR) is 80.2 cm³/mol. The summed E-state index contributed by atoms with van der Waals surface area (Å²) in [4.78, 5) is 18.8. The summed E-state index contributed by atoms with van der Waals surface area (Å²) < 4.78 is 5.12. The third kappa shape index (κ3) is 3.60. The van der Waals surface area contributed by atoms with Crippen LogP contribution in [-0.2, 0) is 0 Å². The molecule has 2 aromatic rings. The van der Waals surface area contributed by atoms with Crippen LogP contribution in [-0.4, -0.2) is 23.6 Å². The molecule has 0 fully saturated rings. The Bertz CT molecular complexity index is 605. The normalized spacial score (nSPS) is 10.3. The Labute approximate surface area is 118 Å². The summed E-state index contributed by atoms with van der Waals surface area (Å²) in [5.74, 6) is 1.29. The number of nitrogens with zero attached hydrogens (tertiary/aromatic N) is 1. The lowest BCUT2D eigenvalue weighted by atomic mass is 10.1. The van der Waals surface area contributed by atoms with Crippen LogP contribution in [0.5, 0.6) is 5.75 Å². The molecule has 0 amide bonds. The van der Waals surface area contributed by atoms with Crippen molar-refractivity contribution in [3.63, 3.8) is 0 Å². The molecule has 0 bridgehead atoms. The molecule has 2 rings (SSSR count). The first kappa shape index (κ1) is 14.1. The molecule has 2 N–H and O–H groups in total. The number of rotatable bonds is 6. The standard InChI is InChI=1S/C15H19N3O2/c1-3-4-9-16-15-17-13(10-14(19)18-15)11-5-7-12(20-2)8-6-11/h5-8,10H,3-4,9H2,1-2H3,(H2,16,17,18,19). The van der Waals surface area contributed by atoms with E-state index in [0.29, 0.717) is 11.6 Å². The van der Waals surface area contributed by atoms with E-state index in [9.17, 15) is 4.79 Å². The van der Waals surface area contributed by atoms with Crippen LogP contribution in [0.4, 0.5) is 5.95 Å². The Morgan fingerprint density at radius 3 is 2.70 bits per heavy atom. The second-order valence-electron chi connectivity index (χ2n) is 4.49. The van der Waals surface area contributed by atoms with Crippen LogP contribution < -0.4 is 15.6 Å². The molecule has 1 aromatic heterocycles. The van der Waals surface area contributed by atoms with Crippen molar-refractivity contribution >= 4 is 5.95 Å². The van der Waals surface area contributed by atoms with Crippen LogP contribution in [0.1, 0.15) is 19.8 Å². The lowest BCUT2D eigenvalue weighted by molar-refractivity contribution is 0.415. The van der Waals surface area contributed by atoms with Gasteiger partial charge in [-0.25, -0.2) is 4.98 Å². The molecule has 106 valence electrons. The van der Waals surface area contributed by atoms with Gasteiger partial charge in [-0.15, -0.1) is 0 Å². The average molecular weight is 273 g/mol. The van der Waals surface area contributed by atoms with E-state index in [-0.39, 0.29) is 5.56 Å². The molecule has 0 radical (unpaired) electrons. The maximum Gasteiger partial charge on any atom is 0.252 e. The van der Waals surface area contributed by atoms with Gasteiger partial charge in [-0.3, -0.25) is 9.78 Å². The fraction of sp³-hybridized carbons (Fsp3) is 0.333. The van der Waals surface area contributed by atoms with Gasteiger partial charge in [0, 0.05) is 18.2 Å². The number of ether oxygens (including phenoxy) is 1. The predicted octanol–water partition coefficient (Wildman–Crippen LogP) is 2.66. The van der Waals surface area contributed by atoms with Crippen LogP contribution >= 0.6 is 0 Å². The maximum absolute atomic E-state index is 11.7. The highest BCUT2D eigenvalue weighted by Crippen LogP contribution is 2.20. The Kier molecular flexibility index (Phi) is 4.76. The number of H-pyrrole nitrogens is 1. The Hall–Kier alpha value is -2.30. The smallest absolute Gasteiger partial charge is 0.252 e. The van der Waals surface area contributed by atoms with Gasteiger partial charge in [0.05, 0.1) is 12.8 Å². The van der Waals surface area contributed by atoms with E-state index in [2.05, 4.69) is 22.2 Å². The summed E-state index contributed by atoms with van der Waals surface area (Å²) in [6.07, 6.45) is 2.13. The van der Waals surface area contributed by atoms with Gasteiger partial charge in [-0.1, -0.05) is 13.3 Å². The summed E-state index contributed by atoms with van der Waals surface area (Å²) in [5, 5.41) is 3.13. The van der Waals surface area contributed by atoms with Gasteiger partial charge in [-0.05, 0) is 30.7 Å². The molecule has 0 aliphatic heterocycles. The van der Waals surface area contributed by atoms with Crippen molar-refractivity contribution in [3.05, 3.63) is 40.7 Å². The SMILES string of the molecule is CCCCNc1nc(-c2ccc(OC)cc2)cc(=O)[nH]1. The molecular formula is C15H19N3O2. The molecule has 0 aliphatic carbocycles. The van der Waals surface area contributed by atoms with Crippen molar-refractivity contribution < 1.29 is 4.74 Å². The van der Waals surface area contributed by atoms with Crippen molar-refractivity contribution in [2.45, 2.75) is 19.8 Å². The van der Waals surface area contributed by atoms with E-state index < -0.39 is 0 Å². The Morgan fingerprint density at radius 1 is 1.30 bits per heavy atom. The van der Waals surface area contributed by atoms with Gasteiger partial charge in [0.15, 0.2) is 0 Å². The van der Waals surface area contributed by atoms with Crippen molar-refractivity contribution in [3.8, 4) is 17.0 Å². The first-order valence-electron chi connectivity index (χ1n) is 6.72. The fourth-order valence-electron chi connectivity index (χ4n) is 1.83. The van der Waals surface area contributed by atoms with E-state index in [1.165, 1.54) is 6.07 Å². The number of hydrogen-bond donors (Lipinski definition) is 2. The molecule has 1 heterocycles. The number of methoxy groups -OCH3 is 1. The third-order valence-corrected chi connectivity index (χ3v) is 2.95. The lowest BCUT2D eigenvalue weighted by Gasteiger charge is -2.07. The second-order valence-corrected chi connectivity index (χ2v) is 4.49. The number of hydrogen-bond acceptors (Lipinski definition) is 4. The highest BCUT2D eigenvalue weighted by atomic mass is 16.5. The zero-order chi connectivity index (χ0) is 14.4. The van der Waals surface area contributed by atoms with Crippen molar-refractivity contribution in [2.75, 3.05) is 19.0 Å². The van der Waals surface area contributed by atoms with E-state index in [1.54, 1.807) is 7.11 Å². The number of aromatic nitrogens is 2. The van der Waals surface area contributed by atoms with Gasteiger partial charge in [0.25, 0.3) is 5.56 Å². The molecule has 0 atom stereocenters. The first-order chi connectivity index (χ1) is 9.72. The van der Waals surface area contributed by atoms with E-state index in [4.69, 9.17) is 4.74 Å². The minimum Gasteiger partial charge on any atom is -0.497 e. The van der Waals surface area contributed by atoms with Crippen LogP contribution in [0.3, 0.4) is 0 Å². The summed E-state index contributed by atoms with van der Waals surface area (Å²) >= 11 is 0. The van der Waals surface area contributed by atoms with Gasteiger partial charge >= 0.3 is 0 Å². The van der Waals surface area contributed by atoms with Crippen LogP contribution in [0.15, 0.2) is 35.1 Å². The summed E-state index contributed by atoms with van der Waals surface area (Å²) in [6.45, 7) is 2.91. The molecule has 0 saturated heterocycles. The summed E-state index contributed by atoms with van der Waals surface area (Å²) in [7, 11) is 1.62. The molecular weight excluding hydrogens is 254 g/mol. The number of benzene rings is 1. The number of anilines is 1. The van der Waals surface area contributed by atoms with E-state index in [1.807, 2.05) is 24.3 Å². The largest absolute Gasteiger partial charge is 0.497 e. The van der Waals surface area contributed by atoms with Crippen LogP contribution in [0, 0.1) is 0 Å². The average Bonchev–Trinajstić information content (AvgIpc) is 2.47. The molecule has 20 heavy (non-hydrogen) atoms. The van der Waals surface area contributed by atoms with Crippen molar-refractivity contribution in [1.29, 1.82) is 0 Å². The minimum absolute atomic E-state index is 0.162. The van der Waals surface area contributed by atoms with Crippen molar-refractivity contribution in [1.82, 2.24) is 9.97 Å². The summed E-state index contributed by atoms with van der Waals surface area (Å²) in [6, 6.07) is 8.96. The van der Waals surface area contributed by atoms with Gasteiger partial charge in [0.1, 0.15) is 5.75 Å². The molecule has 5 heteroatoms. The maximum atomic E-state index is 11.7. The third-order valence-electron chi connectivity index (χ3n) is 2.95. The molecule has 0 spiro atoms. The highest BCUT2D eigenvalue weighted by molar-refractivity contribution is 5.60. The van der Waals surface area contributed by atoms with Gasteiger partial charge < -0.3 is 10.1 Å². The molecule has 0 saturated carbocycles. The second kappa shape index (κ2) is 6.75. The monoisotopic (exact) mass is 273 g/mol. The van der Waals surface area contributed by atoms with E-state index in [0.717, 1.165) is 30.7 Å². The number of aromatic amines is 1. The summed E-state index contributed by atoms with van der Waals surface area (Å²) in [5.41, 5.74) is 1.37. The van der Waals surface area contributed by atoms with Gasteiger partial charge in [-0.2, -0.15) is 0 Å². The topological polar surface area (TPSA) is 67.0 Å². The molecule has 1 aromatic carbocycles. The number of unbranched alkanes of at least 4 members (excludes halogenated alkanes) is 1. The van der Waals surface area contributed by atoms with Crippen LogP contribution in [0.25, 0.3) is 11.3 Å². The minimum atomic E-state index is -0.162. The Balaban J connectivity index is 2.24. The quantitative estimate of drug-likeness (QED) is 0.794. The fourth-order valence-corrected chi connectivity index (χ4v) is 1.83. The van der Waals surface area contributed by atoms with Gasteiger partial charge in [0.2, 0.25) is 5.95 Å². The van der Waals surface area contributed by atoms with Crippen LogP contribution in [0.2, 0.25) is 0 Å². The number of nitrogens with one attached hydrogen (secondary N) is 2. The first-order valence-corrected chi connectivity index (χ1v) is 6.72. The van der Waals surface area contributed by atoms with Crippen molar-refractivity contribution in [2.24, 2.45) is 0 Å². The zero-order valence-corrected chi connectivity index (χ0v) is 11.8. The Morgan fingerprint density at radius 2 is 2.05 bits per heavy atom. The molecule has 5 nitrogen and oxygen atoms in total. The molecule has 0 unspecified atom stereocenters.